The minimum absolute atomic E-state index is 0.222. The van der Waals surface area contributed by atoms with Crippen LogP contribution in [0.3, 0.4) is 0 Å². The van der Waals surface area contributed by atoms with Gasteiger partial charge in [-0.2, -0.15) is 0 Å². The number of ether oxygens (including phenoxy) is 2. The van der Waals surface area contributed by atoms with Gasteiger partial charge in [-0.15, -0.1) is 0 Å². The van der Waals surface area contributed by atoms with Crippen LogP contribution in [0, 0.1) is 0 Å². The fourth-order valence-corrected chi connectivity index (χ4v) is 3.90. The summed E-state index contributed by atoms with van der Waals surface area (Å²) in [6.07, 6.45) is 7.88. The quantitative estimate of drug-likeness (QED) is 0.803. The van der Waals surface area contributed by atoms with Crippen molar-refractivity contribution < 1.29 is 9.47 Å². The first-order chi connectivity index (χ1) is 8.81. The van der Waals surface area contributed by atoms with Crippen LogP contribution >= 0.6 is 0 Å². The molecule has 4 nitrogen and oxygen atoms in total. The monoisotopic (exact) mass is 254 g/mol. The van der Waals surface area contributed by atoms with Crippen LogP contribution in [0.25, 0.3) is 0 Å². The Labute approximate surface area is 110 Å². The zero-order chi connectivity index (χ0) is 12.4. The van der Waals surface area contributed by atoms with E-state index in [1.54, 1.807) is 0 Å². The van der Waals surface area contributed by atoms with Gasteiger partial charge in [0.15, 0.2) is 0 Å². The molecule has 0 bridgehead atoms. The molecule has 2 N–H and O–H groups in total. The standard InChI is InChI=1S/C14H26N2O2/c15-10-13-11-16(6-8-17-13)12-3-7-18-14(9-12)4-1-2-5-14/h12-13H,1-11,15H2. The SMILES string of the molecule is NCC1CN(C2CCOC3(CCCC3)C2)CCO1. The number of morpholine rings is 1. The lowest BCUT2D eigenvalue weighted by atomic mass is 9.88. The molecule has 0 aromatic rings. The third kappa shape index (κ3) is 2.57. The molecule has 0 amide bonds. The van der Waals surface area contributed by atoms with Crippen molar-refractivity contribution >= 4 is 0 Å². The van der Waals surface area contributed by atoms with Crippen LogP contribution < -0.4 is 5.73 Å². The van der Waals surface area contributed by atoms with Crippen LogP contribution in [-0.2, 0) is 9.47 Å². The van der Waals surface area contributed by atoms with Crippen molar-refractivity contribution in [2.45, 2.75) is 56.3 Å². The molecule has 0 radical (unpaired) electrons. The lowest BCUT2D eigenvalue weighted by Crippen LogP contribution is -2.54. The van der Waals surface area contributed by atoms with E-state index in [1.165, 1.54) is 38.5 Å². The Kier molecular flexibility index (Phi) is 3.89. The molecule has 1 saturated carbocycles. The van der Waals surface area contributed by atoms with Crippen LogP contribution in [-0.4, -0.2) is 55.5 Å². The Morgan fingerprint density at radius 1 is 1.22 bits per heavy atom. The number of nitrogens with two attached hydrogens (primary N) is 1. The summed E-state index contributed by atoms with van der Waals surface area (Å²) in [6, 6.07) is 0.690. The van der Waals surface area contributed by atoms with Gasteiger partial charge in [-0.1, -0.05) is 12.8 Å². The molecule has 0 aromatic heterocycles. The summed E-state index contributed by atoms with van der Waals surface area (Å²) in [5.41, 5.74) is 5.96. The van der Waals surface area contributed by atoms with Crippen molar-refractivity contribution in [3.8, 4) is 0 Å². The first-order valence-electron chi connectivity index (χ1n) is 7.51. The van der Waals surface area contributed by atoms with Gasteiger partial charge in [0.05, 0.1) is 18.3 Å². The Bertz CT molecular complexity index is 279. The molecule has 2 heterocycles. The molecule has 2 aliphatic heterocycles. The van der Waals surface area contributed by atoms with Crippen molar-refractivity contribution in [3.05, 3.63) is 0 Å². The van der Waals surface area contributed by atoms with Crippen LogP contribution in [0.2, 0.25) is 0 Å². The molecule has 4 heteroatoms. The number of nitrogens with zero attached hydrogens (tertiary/aromatic N) is 1. The van der Waals surface area contributed by atoms with Crippen molar-refractivity contribution in [3.63, 3.8) is 0 Å². The zero-order valence-corrected chi connectivity index (χ0v) is 11.3. The highest BCUT2D eigenvalue weighted by Gasteiger charge is 2.42. The number of hydrogen-bond acceptors (Lipinski definition) is 4. The van der Waals surface area contributed by atoms with Crippen LogP contribution in [0.1, 0.15) is 38.5 Å². The van der Waals surface area contributed by atoms with E-state index in [-0.39, 0.29) is 11.7 Å². The third-order valence-corrected chi connectivity index (χ3v) is 4.93. The summed E-state index contributed by atoms with van der Waals surface area (Å²) in [6.45, 7) is 4.50. The second kappa shape index (κ2) is 5.45. The fraction of sp³-hybridized carbons (Fsp3) is 1.00. The molecule has 0 aromatic carbocycles. The summed E-state index contributed by atoms with van der Waals surface area (Å²) >= 11 is 0. The normalized spacial score (nSPS) is 37.2. The third-order valence-electron chi connectivity index (χ3n) is 4.93. The van der Waals surface area contributed by atoms with Crippen molar-refractivity contribution in [2.24, 2.45) is 5.73 Å². The summed E-state index contributed by atoms with van der Waals surface area (Å²) in [4.78, 5) is 2.60. The molecule has 18 heavy (non-hydrogen) atoms. The molecular weight excluding hydrogens is 228 g/mol. The first-order valence-corrected chi connectivity index (χ1v) is 7.51. The predicted molar refractivity (Wildman–Crippen MR) is 70.5 cm³/mol. The molecule has 2 atom stereocenters. The maximum atomic E-state index is 6.12. The largest absolute Gasteiger partial charge is 0.375 e. The van der Waals surface area contributed by atoms with E-state index in [9.17, 15) is 0 Å². The summed E-state index contributed by atoms with van der Waals surface area (Å²) in [7, 11) is 0. The highest BCUT2D eigenvalue weighted by molar-refractivity contribution is 4.95. The fourth-order valence-electron chi connectivity index (χ4n) is 3.90. The van der Waals surface area contributed by atoms with Gasteiger partial charge in [0.2, 0.25) is 0 Å². The Hall–Kier alpha value is -0.160. The smallest absolute Gasteiger partial charge is 0.0824 e. The van der Waals surface area contributed by atoms with E-state index in [0.29, 0.717) is 12.6 Å². The highest BCUT2D eigenvalue weighted by Crippen LogP contribution is 2.41. The van der Waals surface area contributed by atoms with Gasteiger partial charge >= 0.3 is 0 Å². The van der Waals surface area contributed by atoms with Gasteiger partial charge < -0.3 is 15.2 Å². The van der Waals surface area contributed by atoms with Crippen molar-refractivity contribution in [1.82, 2.24) is 4.90 Å². The maximum absolute atomic E-state index is 6.12. The minimum atomic E-state index is 0.222. The van der Waals surface area contributed by atoms with E-state index in [4.69, 9.17) is 15.2 Å². The molecule has 1 aliphatic carbocycles. The second-order valence-corrected chi connectivity index (χ2v) is 6.11. The van der Waals surface area contributed by atoms with E-state index >= 15 is 0 Å². The lowest BCUT2D eigenvalue weighted by molar-refractivity contribution is -0.120. The van der Waals surface area contributed by atoms with Crippen LogP contribution in [0.4, 0.5) is 0 Å². The Morgan fingerprint density at radius 2 is 2.06 bits per heavy atom. The molecule has 2 saturated heterocycles. The minimum Gasteiger partial charge on any atom is -0.375 e. The van der Waals surface area contributed by atoms with Crippen molar-refractivity contribution in [1.29, 1.82) is 0 Å². The van der Waals surface area contributed by atoms with E-state index in [1.807, 2.05) is 0 Å². The van der Waals surface area contributed by atoms with Crippen molar-refractivity contribution in [2.75, 3.05) is 32.8 Å². The van der Waals surface area contributed by atoms with Gasteiger partial charge in [-0.05, 0) is 25.7 Å². The first kappa shape index (κ1) is 12.9. The van der Waals surface area contributed by atoms with Gasteiger partial charge in [0.1, 0.15) is 0 Å². The summed E-state index contributed by atoms with van der Waals surface area (Å²) < 4.78 is 11.8. The Morgan fingerprint density at radius 3 is 2.83 bits per heavy atom. The molecule has 3 rings (SSSR count). The lowest BCUT2D eigenvalue weighted by Gasteiger charge is -2.45. The Balaban J connectivity index is 1.61. The average Bonchev–Trinajstić information content (AvgIpc) is 2.87. The predicted octanol–water partition coefficient (Wildman–Crippen LogP) is 1.14. The maximum Gasteiger partial charge on any atom is 0.0824 e. The van der Waals surface area contributed by atoms with E-state index in [0.717, 1.165) is 26.3 Å². The molecule has 2 unspecified atom stereocenters. The highest BCUT2D eigenvalue weighted by atomic mass is 16.5. The van der Waals surface area contributed by atoms with Gasteiger partial charge in [0.25, 0.3) is 0 Å². The molecule has 3 aliphatic rings. The summed E-state index contributed by atoms with van der Waals surface area (Å²) in [5.74, 6) is 0. The van der Waals surface area contributed by atoms with Gasteiger partial charge in [0, 0.05) is 32.3 Å². The molecule has 104 valence electrons. The van der Waals surface area contributed by atoms with Gasteiger partial charge in [-0.25, -0.2) is 0 Å². The molecule has 1 spiro atoms. The molecular formula is C14H26N2O2. The molecule has 3 fully saturated rings. The number of hydrogen-bond donors (Lipinski definition) is 1. The van der Waals surface area contributed by atoms with Gasteiger partial charge in [-0.3, -0.25) is 4.90 Å². The number of rotatable bonds is 2. The van der Waals surface area contributed by atoms with E-state index in [2.05, 4.69) is 4.90 Å². The average molecular weight is 254 g/mol. The van der Waals surface area contributed by atoms with E-state index < -0.39 is 0 Å². The van der Waals surface area contributed by atoms with Crippen LogP contribution in [0.5, 0.6) is 0 Å². The zero-order valence-electron chi connectivity index (χ0n) is 11.3. The second-order valence-electron chi connectivity index (χ2n) is 6.11. The topological polar surface area (TPSA) is 47.7 Å². The summed E-state index contributed by atoms with van der Waals surface area (Å²) in [5, 5.41) is 0. The van der Waals surface area contributed by atoms with Crippen LogP contribution in [0.15, 0.2) is 0 Å².